The van der Waals surface area contributed by atoms with Gasteiger partial charge >= 0.3 is 0 Å². The lowest BCUT2D eigenvalue weighted by Gasteiger charge is -2.38. The van der Waals surface area contributed by atoms with Crippen LogP contribution in [0.5, 0.6) is 34.5 Å². The summed E-state index contributed by atoms with van der Waals surface area (Å²) in [5.41, 5.74) is 32.3. The molecule has 0 aliphatic carbocycles. The topological polar surface area (TPSA) is 36.9 Å². The highest BCUT2D eigenvalue weighted by Crippen LogP contribution is 2.56. The van der Waals surface area contributed by atoms with E-state index in [1.165, 1.54) is 65.4 Å². The maximum atomic E-state index is 7.28. The molecule has 0 N–H and O–H groups in total. The summed E-state index contributed by atoms with van der Waals surface area (Å²) in [6.07, 6.45) is 0. The highest BCUT2D eigenvalue weighted by molar-refractivity contribution is 7.01. The first kappa shape index (κ1) is 56.3. The van der Waals surface area contributed by atoms with Crippen LogP contribution in [0.15, 0.2) is 291 Å². The molecular formula is C92H60B2O4. The first-order valence-corrected chi connectivity index (χ1v) is 33.9. The molecule has 4 heterocycles. The van der Waals surface area contributed by atoms with Crippen LogP contribution in [0.25, 0.3) is 144 Å². The maximum Gasteiger partial charge on any atom is 0.252 e. The van der Waals surface area contributed by atoms with Crippen molar-refractivity contribution in [2.24, 2.45) is 0 Å². The number of benzene rings is 16. The number of aryl methyl sites for hydroxylation is 2. The molecule has 4 nitrogen and oxygen atoms in total. The second kappa shape index (κ2) is 21.7. The van der Waals surface area contributed by atoms with Crippen molar-refractivity contribution in [1.82, 2.24) is 0 Å². The van der Waals surface area contributed by atoms with Gasteiger partial charge in [0.15, 0.2) is 0 Å². The molecule has 4 aliphatic rings. The first-order valence-electron chi connectivity index (χ1n) is 33.9. The fourth-order valence-electron chi connectivity index (χ4n) is 17.2. The summed E-state index contributed by atoms with van der Waals surface area (Å²) >= 11 is 0. The average Bonchev–Trinajstić information content (AvgIpc) is 0.665. The van der Waals surface area contributed by atoms with Crippen molar-refractivity contribution < 1.29 is 18.9 Å². The van der Waals surface area contributed by atoms with Crippen LogP contribution in [0, 0.1) is 13.8 Å². The largest absolute Gasteiger partial charge is 0.497 e. The van der Waals surface area contributed by atoms with Gasteiger partial charge in [0.05, 0.1) is 14.2 Å². The quantitative estimate of drug-likeness (QED) is 0.101. The summed E-state index contributed by atoms with van der Waals surface area (Å²) in [6, 6.07) is 109. The van der Waals surface area contributed by atoms with E-state index in [-0.39, 0.29) is 13.4 Å². The third-order valence-electron chi connectivity index (χ3n) is 21.4. The summed E-state index contributed by atoms with van der Waals surface area (Å²) in [5.74, 6) is 4.78. The molecule has 0 atom stereocenters. The number of methoxy groups -OCH3 is 2. The Bertz CT molecular complexity index is 5890. The van der Waals surface area contributed by atoms with Gasteiger partial charge in [-0.1, -0.05) is 229 Å². The van der Waals surface area contributed by atoms with Crippen molar-refractivity contribution in [3.8, 4) is 146 Å². The summed E-state index contributed by atoms with van der Waals surface area (Å²) in [6.45, 7) is 3.97. The lowest BCUT2D eigenvalue weighted by Crippen LogP contribution is -2.58. The molecule has 20 rings (SSSR count). The Morgan fingerprint density at radius 2 is 0.612 bits per heavy atom. The Kier molecular flexibility index (Phi) is 12.5. The smallest absolute Gasteiger partial charge is 0.252 e. The zero-order valence-electron chi connectivity index (χ0n) is 54.5. The van der Waals surface area contributed by atoms with Crippen LogP contribution in [0.2, 0.25) is 0 Å². The molecule has 0 bridgehead atoms. The van der Waals surface area contributed by atoms with Gasteiger partial charge in [-0.2, -0.15) is 0 Å². The van der Waals surface area contributed by atoms with E-state index < -0.39 is 0 Å². The van der Waals surface area contributed by atoms with E-state index in [4.69, 9.17) is 18.9 Å². The Balaban J connectivity index is 1.05. The molecule has 4 aliphatic heterocycles. The minimum absolute atomic E-state index is 0.174. The number of rotatable bonds is 10. The lowest BCUT2D eigenvalue weighted by atomic mass is 9.31. The second-order valence-corrected chi connectivity index (χ2v) is 26.9. The second-order valence-electron chi connectivity index (χ2n) is 26.9. The molecule has 6 heteroatoms. The number of hydrogen-bond acceptors (Lipinski definition) is 4. The van der Waals surface area contributed by atoms with Crippen molar-refractivity contribution >= 4 is 78.5 Å². The summed E-state index contributed by atoms with van der Waals surface area (Å²) < 4.78 is 26.9. The zero-order chi connectivity index (χ0) is 65.0. The van der Waals surface area contributed by atoms with Crippen molar-refractivity contribution in [1.29, 1.82) is 0 Å². The zero-order valence-corrected chi connectivity index (χ0v) is 54.5. The molecule has 0 saturated heterocycles. The Labute approximate surface area is 570 Å². The molecule has 0 fully saturated rings. The number of ether oxygens (including phenoxy) is 4. The van der Waals surface area contributed by atoms with Crippen LogP contribution in [0.3, 0.4) is 0 Å². The van der Waals surface area contributed by atoms with E-state index in [0.29, 0.717) is 0 Å². The third-order valence-corrected chi connectivity index (χ3v) is 21.4. The fourth-order valence-corrected chi connectivity index (χ4v) is 17.2. The highest BCUT2D eigenvalue weighted by atomic mass is 16.5. The van der Waals surface area contributed by atoms with E-state index >= 15 is 0 Å². The van der Waals surface area contributed by atoms with Gasteiger partial charge < -0.3 is 18.9 Å². The molecule has 0 spiro atoms. The molecule has 16 aromatic carbocycles. The van der Waals surface area contributed by atoms with Crippen LogP contribution >= 0.6 is 0 Å². The van der Waals surface area contributed by atoms with E-state index in [2.05, 4.69) is 305 Å². The summed E-state index contributed by atoms with van der Waals surface area (Å²) in [4.78, 5) is 0. The number of hydrogen-bond donors (Lipinski definition) is 0. The van der Waals surface area contributed by atoms with Gasteiger partial charge in [-0.15, -0.1) is 0 Å². The fraction of sp³-hybridized carbons (Fsp3) is 0.0435. The van der Waals surface area contributed by atoms with Crippen LogP contribution in [-0.2, 0) is 0 Å². The first-order chi connectivity index (χ1) is 48.3. The van der Waals surface area contributed by atoms with Crippen LogP contribution in [-0.4, -0.2) is 27.6 Å². The van der Waals surface area contributed by atoms with Gasteiger partial charge in [-0.25, -0.2) is 0 Å². The van der Waals surface area contributed by atoms with Gasteiger partial charge in [-0.3, -0.25) is 0 Å². The Morgan fingerprint density at radius 1 is 0.245 bits per heavy atom. The van der Waals surface area contributed by atoms with Crippen molar-refractivity contribution in [2.75, 3.05) is 14.2 Å². The average molecular weight is 1250 g/mol. The molecule has 0 saturated carbocycles. The molecule has 98 heavy (non-hydrogen) atoms. The lowest BCUT2D eigenvalue weighted by molar-refractivity contribution is 0.405. The van der Waals surface area contributed by atoms with Gasteiger partial charge in [0.1, 0.15) is 34.5 Å². The van der Waals surface area contributed by atoms with E-state index in [0.717, 1.165) is 157 Å². The van der Waals surface area contributed by atoms with Gasteiger partial charge in [0, 0.05) is 12.1 Å². The minimum atomic E-state index is -0.255. The van der Waals surface area contributed by atoms with E-state index in [1.54, 1.807) is 14.2 Å². The van der Waals surface area contributed by atoms with Crippen molar-refractivity contribution in [3.05, 3.63) is 302 Å². The highest BCUT2D eigenvalue weighted by Gasteiger charge is 2.45. The molecular weight excluding hydrogens is 1190 g/mol. The predicted molar refractivity (Wildman–Crippen MR) is 409 cm³/mol. The van der Waals surface area contributed by atoms with Gasteiger partial charge in [-0.05, 0) is 251 Å². The Hall–Kier alpha value is -12.1. The van der Waals surface area contributed by atoms with Crippen molar-refractivity contribution in [3.63, 3.8) is 0 Å². The van der Waals surface area contributed by atoms with E-state index in [1.807, 2.05) is 0 Å². The van der Waals surface area contributed by atoms with Crippen molar-refractivity contribution in [2.45, 2.75) is 13.8 Å². The number of fused-ring (bicyclic) bond motifs is 8. The van der Waals surface area contributed by atoms with Gasteiger partial charge in [0.2, 0.25) is 0 Å². The Morgan fingerprint density at radius 3 is 1.04 bits per heavy atom. The summed E-state index contributed by atoms with van der Waals surface area (Å²) in [5, 5.41) is 7.31. The maximum absolute atomic E-state index is 7.28. The summed E-state index contributed by atoms with van der Waals surface area (Å²) in [7, 11) is 3.50. The standard InChI is InChI=1S/C92H60B2O4/c1-53-35-37-77-81(40-53)97-83-41-54(2)39-75-71-49-69(85-65(57-27-15-7-16-28-57)42-61(55-23-11-5-12-24-55)43-66(85)58-29-17-8-18-30-58)73-52-80-88-72(76-46-64(96-4)48-84-92(76)94(80)78-38-36-63(95-3)47-82(78)98-84)50-70(74-51-79(93(77)91(75)83)87(71)89(73)90(74)88)86-67(59-31-19-9-20-32-59)44-62(56-25-13-6-14-26-56)45-68(86)60-33-21-10-22-34-60/h5-52H,1-4H3. The monoisotopic (exact) mass is 1250 g/mol. The third kappa shape index (κ3) is 8.40. The molecule has 0 amide bonds. The molecule has 0 radical (unpaired) electrons. The molecule has 0 unspecified atom stereocenters. The minimum Gasteiger partial charge on any atom is -0.497 e. The van der Waals surface area contributed by atoms with Crippen LogP contribution in [0.1, 0.15) is 11.1 Å². The SMILES string of the molecule is COc1ccc2c(c1)Oc1cc(OC)cc3c1B2c1cc2c(-c4c(-c5ccccc5)cc(-c5ccccc5)cc4-c4ccccc4)cc4c5c(cc6c(-c7c(-c8ccccc8)cc(-c8ccccc8)cc7-c7ccccc7)cc-3c1c6c25)B1c2ccc(C)cc2Oc2cc(C)cc-4c21. The van der Waals surface area contributed by atoms with Gasteiger partial charge in [0.25, 0.3) is 13.4 Å². The van der Waals surface area contributed by atoms with E-state index in [9.17, 15) is 0 Å². The normalized spacial score (nSPS) is 12.6. The molecule has 458 valence electrons. The predicted octanol–water partition coefficient (Wildman–Crippen LogP) is 19.8. The molecule has 16 aromatic rings. The molecule has 0 aromatic heterocycles. The van der Waals surface area contributed by atoms with Crippen LogP contribution in [0.4, 0.5) is 0 Å². The van der Waals surface area contributed by atoms with Crippen LogP contribution < -0.4 is 51.7 Å².